The second-order valence-electron chi connectivity index (χ2n) is 7.39. The number of hydrogen-bond acceptors (Lipinski definition) is 3. The van der Waals surface area contributed by atoms with E-state index in [4.69, 9.17) is 0 Å². The molecule has 0 spiro atoms. The Kier molecular flexibility index (Phi) is 9.18. The van der Waals surface area contributed by atoms with Crippen LogP contribution in [0.25, 0.3) is 0 Å². The molecule has 2 aromatic rings. The fourth-order valence-corrected chi connectivity index (χ4v) is 3.73. The summed E-state index contributed by atoms with van der Waals surface area (Å²) in [6, 6.07) is 13.8. The van der Waals surface area contributed by atoms with Gasteiger partial charge in [-0.15, -0.1) is 24.0 Å². The molecule has 0 aliphatic carbocycles. The summed E-state index contributed by atoms with van der Waals surface area (Å²) in [5.41, 5.74) is 3.94. The van der Waals surface area contributed by atoms with Gasteiger partial charge in [0.15, 0.2) is 5.96 Å². The number of likely N-dealkylation sites (tertiary alicyclic amines) is 1. The SMILES string of the molecule is CN=C(NCCc1ccncc1C)NC1CC(C)N(Cc2ccccc2)C1.I. The summed E-state index contributed by atoms with van der Waals surface area (Å²) < 4.78 is 0. The molecule has 28 heavy (non-hydrogen) atoms. The van der Waals surface area contributed by atoms with Gasteiger partial charge in [0.05, 0.1) is 0 Å². The predicted octanol–water partition coefficient (Wildman–Crippen LogP) is 3.38. The minimum atomic E-state index is 0. The van der Waals surface area contributed by atoms with Crippen LogP contribution in [0.3, 0.4) is 0 Å². The Morgan fingerprint density at radius 2 is 2.04 bits per heavy atom. The Balaban J connectivity index is 0.00000280. The zero-order valence-corrected chi connectivity index (χ0v) is 19.4. The lowest BCUT2D eigenvalue weighted by Gasteiger charge is -2.21. The van der Waals surface area contributed by atoms with Gasteiger partial charge < -0.3 is 10.6 Å². The standard InChI is InChI=1S/C22H31N5.HI/c1-17-14-24-11-9-20(17)10-12-25-22(23-3)26-21-13-18(2)27(16-21)15-19-7-5-4-6-8-19;/h4-9,11,14,18,21H,10,12-13,15-16H2,1-3H3,(H2,23,25,26);1H. The zero-order chi connectivity index (χ0) is 19.1. The van der Waals surface area contributed by atoms with Crippen LogP contribution in [0.2, 0.25) is 0 Å². The number of aryl methyl sites for hydroxylation is 1. The highest BCUT2D eigenvalue weighted by atomic mass is 127. The molecule has 0 radical (unpaired) electrons. The summed E-state index contributed by atoms with van der Waals surface area (Å²) in [5.74, 6) is 0.889. The van der Waals surface area contributed by atoms with Crippen LogP contribution >= 0.6 is 24.0 Å². The Labute approximate surface area is 186 Å². The summed E-state index contributed by atoms with van der Waals surface area (Å²) in [5, 5.41) is 7.05. The third-order valence-electron chi connectivity index (χ3n) is 5.32. The molecule has 5 nitrogen and oxygen atoms in total. The van der Waals surface area contributed by atoms with Crippen LogP contribution in [-0.2, 0) is 13.0 Å². The van der Waals surface area contributed by atoms with E-state index in [1.807, 2.05) is 19.4 Å². The van der Waals surface area contributed by atoms with Gasteiger partial charge in [0.1, 0.15) is 0 Å². The first-order valence-corrected chi connectivity index (χ1v) is 9.80. The Hall–Kier alpha value is -1.67. The van der Waals surface area contributed by atoms with Gasteiger partial charge in [0.2, 0.25) is 0 Å². The second-order valence-corrected chi connectivity index (χ2v) is 7.39. The molecule has 3 rings (SSSR count). The zero-order valence-electron chi connectivity index (χ0n) is 17.1. The Morgan fingerprint density at radius 1 is 1.25 bits per heavy atom. The van der Waals surface area contributed by atoms with Gasteiger partial charge in [-0.2, -0.15) is 0 Å². The molecule has 0 saturated carbocycles. The van der Waals surface area contributed by atoms with Crippen LogP contribution in [0, 0.1) is 6.92 Å². The highest BCUT2D eigenvalue weighted by Gasteiger charge is 2.29. The van der Waals surface area contributed by atoms with E-state index >= 15 is 0 Å². The first kappa shape index (κ1) is 22.6. The maximum absolute atomic E-state index is 4.40. The van der Waals surface area contributed by atoms with Crippen LogP contribution in [0.4, 0.5) is 0 Å². The van der Waals surface area contributed by atoms with E-state index in [0.29, 0.717) is 12.1 Å². The van der Waals surface area contributed by atoms with Crippen molar-refractivity contribution in [3.8, 4) is 0 Å². The predicted molar refractivity (Wildman–Crippen MR) is 127 cm³/mol. The van der Waals surface area contributed by atoms with Gasteiger partial charge in [-0.25, -0.2) is 0 Å². The number of aliphatic imine (C=N–C) groups is 1. The Morgan fingerprint density at radius 3 is 2.75 bits per heavy atom. The fraction of sp³-hybridized carbons (Fsp3) is 0.455. The molecule has 2 N–H and O–H groups in total. The van der Waals surface area contributed by atoms with Crippen molar-refractivity contribution in [1.82, 2.24) is 20.5 Å². The summed E-state index contributed by atoms with van der Waals surface area (Å²) in [4.78, 5) is 11.1. The van der Waals surface area contributed by atoms with Crippen LogP contribution in [0.1, 0.15) is 30.0 Å². The molecule has 1 fully saturated rings. The van der Waals surface area contributed by atoms with Crippen molar-refractivity contribution in [2.75, 3.05) is 20.1 Å². The molecule has 0 amide bonds. The molecule has 1 aromatic heterocycles. The minimum absolute atomic E-state index is 0. The molecule has 1 aromatic carbocycles. The fourth-order valence-electron chi connectivity index (χ4n) is 3.73. The summed E-state index contributed by atoms with van der Waals surface area (Å²) in [7, 11) is 1.84. The lowest BCUT2D eigenvalue weighted by molar-refractivity contribution is 0.258. The van der Waals surface area contributed by atoms with Gasteiger partial charge in [-0.05, 0) is 49.4 Å². The smallest absolute Gasteiger partial charge is 0.191 e. The lowest BCUT2D eigenvalue weighted by atomic mass is 10.1. The number of hydrogen-bond donors (Lipinski definition) is 2. The van der Waals surface area contributed by atoms with E-state index < -0.39 is 0 Å². The molecule has 0 bridgehead atoms. The molecule has 2 unspecified atom stereocenters. The average molecular weight is 493 g/mol. The molecule has 1 aliphatic heterocycles. The van der Waals surface area contributed by atoms with Crippen LogP contribution in [0.15, 0.2) is 53.8 Å². The van der Waals surface area contributed by atoms with Crippen molar-refractivity contribution in [3.63, 3.8) is 0 Å². The third-order valence-corrected chi connectivity index (χ3v) is 5.32. The Bertz CT molecular complexity index is 750. The van der Waals surface area contributed by atoms with Crippen molar-refractivity contribution < 1.29 is 0 Å². The number of pyridine rings is 1. The quantitative estimate of drug-likeness (QED) is 0.368. The molecular formula is C22H32IN5. The van der Waals surface area contributed by atoms with Gasteiger partial charge in [0.25, 0.3) is 0 Å². The number of rotatable bonds is 6. The van der Waals surface area contributed by atoms with Crippen molar-refractivity contribution in [3.05, 3.63) is 65.5 Å². The number of halogens is 1. The van der Waals surface area contributed by atoms with E-state index in [2.05, 4.69) is 75.8 Å². The van der Waals surface area contributed by atoms with E-state index in [9.17, 15) is 0 Å². The number of aromatic nitrogens is 1. The molecule has 1 aliphatic rings. The van der Waals surface area contributed by atoms with E-state index in [-0.39, 0.29) is 24.0 Å². The minimum Gasteiger partial charge on any atom is -0.356 e. The average Bonchev–Trinajstić information content (AvgIpc) is 3.02. The summed E-state index contributed by atoms with van der Waals surface area (Å²) >= 11 is 0. The van der Waals surface area contributed by atoms with Gasteiger partial charge >= 0.3 is 0 Å². The second kappa shape index (κ2) is 11.4. The van der Waals surface area contributed by atoms with Crippen molar-refractivity contribution in [2.24, 2.45) is 4.99 Å². The summed E-state index contributed by atoms with van der Waals surface area (Å²) in [6.07, 6.45) is 5.88. The van der Waals surface area contributed by atoms with Crippen molar-refractivity contribution >= 4 is 29.9 Å². The lowest BCUT2D eigenvalue weighted by Crippen LogP contribution is -2.45. The number of guanidine groups is 1. The highest BCUT2D eigenvalue weighted by molar-refractivity contribution is 14.0. The van der Waals surface area contributed by atoms with Crippen LogP contribution in [-0.4, -0.2) is 48.1 Å². The highest BCUT2D eigenvalue weighted by Crippen LogP contribution is 2.20. The summed E-state index contributed by atoms with van der Waals surface area (Å²) in [6.45, 7) is 7.33. The molecular weight excluding hydrogens is 461 g/mol. The molecule has 2 atom stereocenters. The van der Waals surface area contributed by atoms with Crippen molar-refractivity contribution in [2.45, 2.75) is 45.3 Å². The first-order valence-electron chi connectivity index (χ1n) is 9.80. The largest absolute Gasteiger partial charge is 0.356 e. The van der Waals surface area contributed by atoms with E-state index in [1.54, 1.807) is 0 Å². The topological polar surface area (TPSA) is 52.6 Å². The van der Waals surface area contributed by atoms with Crippen molar-refractivity contribution in [1.29, 1.82) is 0 Å². The molecule has 152 valence electrons. The molecule has 2 heterocycles. The maximum Gasteiger partial charge on any atom is 0.191 e. The molecule has 1 saturated heterocycles. The van der Waals surface area contributed by atoms with Crippen LogP contribution in [0.5, 0.6) is 0 Å². The van der Waals surface area contributed by atoms with Gasteiger partial charge in [-0.1, -0.05) is 30.3 Å². The van der Waals surface area contributed by atoms with Crippen LogP contribution < -0.4 is 10.6 Å². The third kappa shape index (κ3) is 6.44. The first-order chi connectivity index (χ1) is 13.2. The maximum atomic E-state index is 4.40. The van der Waals surface area contributed by atoms with Gasteiger partial charge in [-0.3, -0.25) is 14.9 Å². The monoisotopic (exact) mass is 493 g/mol. The molecule has 6 heteroatoms. The number of benzene rings is 1. The van der Waals surface area contributed by atoms with Gasteiger partial charge in [0, 0.05) is 51.2 Å². The van der Waals surface area contributed by atoms with E-state index in [1.165, 1.54) is 16.7 Å². The number of nitrogens with one attached hydrogen (secondary N) is 2. The number of nitrogens with zero attached hydrogens (tertiary/aromatic N) is 3. The van der Waals surface area contributed by atoms with E-state index in [0.717, 1.165) is 38.4 Å². The normalized spacial score (nSPS) is 19.9.